The van der Waals surface area contributed by atoms with Crippen LogP contribution in [0.5, 0.6) is 5.75 Å². The van der Waals surface area contributed by atoms with Crippen molar-refractivity contribution in [3.8, 4) is 11.4 Å². The zero-order chi connectivity index (χ0) is 20.7. The third-order valence-corrected chi connectivity index (χ3v) is 6.06. The molecule has 2 aliphatic heterocycles. The van der Waals surface area contributed by atoms with E-state index in [0.717, 1.165) is 29.9 Å². The maximum absolute atomic E-state index is 13.9. The zero-order valence-corrected chi connectivity index (χ0v) is 16.7. The summed E-state index contributed by atoms with van der Waals surface area (Å²) < 4.78 is 21.2. The molecule has 5 rings (SSSR count). The van der Waals surface area contributed by atoms with Crippen molar-refractivity contribution in [3.63, 3.8) is 0 Å². The molecule has 3 heterocycles. The highest BCUT2D eigenvalue weighted by atomic mass is 19.1. The van der Waals surface area contributed by atoms with Gasteiger partial charge in [0.05, 0.1) is 24.0 Å². The number of hydrogen-bond acceptors (Lipinski definition) is 3. The first kappa shape index (κ1) is 18.5. The SMILES string of the molecule is COc1cccc(NC(=O)N2CCC3(CC2)Nc2cc(F)ccc2-n2cccc23)c1. The van der Waals surface area contributed by atoms with Crippen molar-refractivity contribution >= 4 is 17.4 Å². The van der Waals surface area contributed by atoms with Gasteiger partial charge in [-0.05, 0) is 55.3 Å². The van der Waals surface area contributed by atoms with Gasteiger partial charge < -0.3 is 24.8 Å². The number of anilines is 2. The smallest absolute Gasteiger partial charge is 0.321 e. The average Bonchev–Trinajstić information content (AvgIpc) is 3.25. The van der Waals surface area contributed by atoms with E-state index in [2.05, 4.69) is 21.3 Å². The number of aromatic nitrogens is 1. The fraction of sp³-hybridized carbons (Fsp3) is 0.261. The lowest BCUT2D eigenvalue weighted by molar-refractivity contribution is 0.174. The second kappa shape index (κ2) is 7.09. The molecule has 2 aliphatic rings. The Morgan fingerprint density at radius 2 is 1.97 bits per heavy atom. The molecule has 0 radical (unpaired) electrons. The first-order valence-corrected chi connectivity index (χ1v) is 10.0. The Balaban J connectivity index is 1.33. The molecule has 30 heavy (non-hydrogen) atoms. The molecule has 2 N–H and O–H groups in total. The molecule has 0 aliphatic carbocycles. The van der Waals surface area contributed by atoms with Crippen LogP contribution in [0.2, 0.25) is 0 Å². The Morgan fingerprint density at radius 1 is 1.13 bits per heavy atom. The molecule has 0 unspecified atom stereocenters. The fourth-order valence-electron chi connectivity index (χ4n) is 4.50. The van der Waals surface area contributed by atoms with E-state index in [1.807, 2.05) is 35.4 Å². The van der Waals surface area contributed by atoms with Crippen LogP contribution >= 0.6 is 0 Å². The van der Waals surface area contributed by atoms with Gasteiger partial charge in [0.1, 0.15) is 11.6 Å². The number of urea groups is 1. The largest absolute Gasteiger partial charge is 0.497 e. The summed E-state index contributed by atoms with van der Waals surface area (Å²) >= 11 is 0. The number of carbonyl (C=O) groups excluding carboxylic acids is 1. The van der Waals surface area contributed by atoms with Crippen molar-refractivity contribution in [1.29, 1.82) is 0 Å². The predicted molar refractivity (Wildman–Crippen MR) is 114 cm³/mol. The molecule has 1 spiro atoms. The number of likely N-dealkylation sites (tertiary alicyclic amines) is 1. The topological polar surface area (TPSA) is 58.5 Å². The number of fused-ring (bicyclic) bond motifs is 4. The number of rotatable bonds is 2. The number of halogens is 1. The summed E-state index contributed by atoms with van der Waals surface area (Å²) in [7, 11) is 1.60. The highest BCUT2D eigenvalue weighted by molar-refractivity contribution is 5.89. The Kier molecular flexibility index (Phi) is 4.38. The van der Waals surface area contributed by atoms with Crippen molar-refractivity contribution in [2.75, 3.05) is 30.8 Å². The Bertz CT molecular complexity index is 1100. The highest BCUT2D eigenvalue weighted by Crippen LogP contribution is 2.43. The summed E-state index contributed by atoms with van der Waals surface area (Å²) in [6, 6.07) is 16.1. The van der Waals surface area contributed by atoms with Gasteiger partial charge in [-0.1, -0.05) is 6.07 Å². The van der Waals surface area contributed by atoms with Gasteiger partial charge >= 0.3 is 6.03 Å². The molecule has 7 heteroatoms. The van der Waals surface area contributed by atoms with Crippen LogP contribution in [0.3, 0.4) is 0 Å². The minimum absolute atomic E-state index is 0.129. The normalized spacial score (nSPS) is 16.4. The predicted octanol–water partition coefficient (Wildman–Crippen LogP) is 4.57. The molecular formula is C23H23FN4O2. The molecule has 2 aromatic carbocycles. The van der Waals surface area contributed by atoms with Crippen LogP contribution in [0.1, 0.15) is 18.5 Å². The van der Waals surface area contributed by atoms with E-state index in [-0.39, 0.29) is 17.4 Å². The number of nitrogens with zero attached hydrogens (tertiary/aromatic N) is 2. The number of carbonyl (C=O) groups is 1. The summed E-state index contributed by atoms with van der Waals surface area (Å²) in [5, 5.41) is 6.53. The van der Waals surface area contributed by atoms with Crippen LogP contribution in [0, 0.1) is 5.82 Å². The molecule has 0 atom stereocenters. The Hall–Kier alpha value is -3.48. The lowest BCUT2D eigenvalue weighted by Crippen LogP contribution is -2.51. The molecule has 1 fully saturated rings. The number of nitrogens with one attached hydrogen (secondary N) is 2. The molecule has 1 saturated heterocycles. The summed E-state index contributed by atoms with van der Waals surface area (Å²) in [6.07, 6.45) is 3.48. The van der Waals surface area contributed by atoms with E-state index in [0.29, 0.717) is 24.5 Å². The summed E-state index contributed by atoms with van der Waals surface area (Å²) in [6.45, 7) is 1.19. The third-order valence-electron chi connectivity index (χ3n) is 6.06. The molecule has 0 saturated carbocycles. The number of hydrogen-bond donors (Lipinski definition) is 2. The summed E-state index contributed by atoms with van der Waals surface area (Å²) in [4.78, 5) is 14.6. The molecule has 154 valence electrons. The van der Waals surface area contributed by atoms with Crippen LogP contribution in [-0.2, 0) is 5.54 Å². The van der Waals surface area contributed by atoms with Gasteiger partial charge in [-0.3, -0.25) is 0 Å². The van der Waals surface area contributed by atoms with Crippen LogP contribution < -0.4 is 15.4 Å². The number of benzene rings is 2. The van der Waals surface area contributed by atoms with E-state index >= 15 is 0 Å². The van der Waals surface area contributed by atoms with Crippen molar-refractivity contribution in [2.45, 2.75) is 18.4 Å². The van der Waals surface area contributed by atoms with Gasteiger partial charge in [0.2, 0.25) is 0 Å². The second-order valence-corrected chi connectivity index (χ2v) is 7.78. The van der Waals surface area contributed by atoms with E-state index in [4.69, 9.17) is 4.74 Å². The maximum Gasteiger partial charge on any atom is 0.321 e. The van der Waals surface area contributed by atoms with Crippen LogP contribution in [0.25, 0.3) is 5.69 Å². The van der Waals surface area contributed by atoms with E-state index < -0.39 is 0 Å². The Labute approximate surface area is 174 Å². The highest BCUT2D eigenvalue weighted by Gasteiger charge is 2.42. The lowest BCUT2D eigenvalue weighted by atomic mass is 9.82. The van der Waals surface area contributed by atoms with Crippen molar-refractivity contribution in [3.05, 3.63) is 72.3 Å². The molecule has 6 nitrogen and oxygen atoms in total. The zero-order valence-electron chi connectivity index (χ0n) is 16.7. The number of piperidine rings is 1. The first-order chi connectivity index (χ1) is 14.6. The van der Waals surface area contributed by atoms with Gasteiger partial charge in [-0.15, -0.1) is 0 Å². The monoisotopic (exact) mass is 406 g/mol. The van der Waals surface area contributed by atoms with Crippen molar-refractivity contribution in [1.82, 2.24) is 9.47 Å². The van der Waals surface area contributed by atoms with Crippen molar-refractivity contribution < 1.29 is 13.9 Å². The number of amides is 2. The minimum Gasteiger partial charge on any atom is -0.497 e. The van der Waals surface area contributed by atoms with Gasteiger partial charge in [-0.25, -0.2) is 9.18 Å². The average molecular weight is 406 g/mol. The van der Waals surface area contributed by atoms with Crippen molar-refractivity contribution in [2.24, 2.45) is 0 Å². The molecule has 3 aromatic rings. The molecule has 2 amide bonds. The molecular weight excluding hydrogens is 383 g/mol. The van der Waals surface area contributed by atoms with E-state index in [1.54, 1.807) is 25.3 Å². The minimum atomic E-state index is -0.322. The van der Waals surface area contributed by atoms with E-state index in [9.17, 15) is 9.18 Å². The third kappa shape index (κ3) is 3.07. The van der Waals surface area contributed by atoms with Crippen LogP contribution in [0.15, 0.2) is 60.8 Å². The molecule has 0 bridgehead atoms. The molecule has 1 aromatic heterocycles. The summed E-state index contributed by atoms with van der Waals surface area (Å²) in [5.41, 5.74) is 3.26. The lowest BCUT2D eigenvalue weighted by Gasteiger charge is -2.46. The van der Waals surface area contributed by atoms with Gasteiger partial charge in [-0.2, -0.15) is 0 Å². The van der Waals surface area contributed by atoms with Crippen LogP contribution in [-0.4, -0.2) is 35.7 Å². The maximum atomic E-state index is 13.9. The second-order valence-electron chi connectivity index (χ2n) is 7.78. The standard InChI is InChI=1S/C23H23FN4O2/c1-30-18-5-2-4-17(15-18)25-22(29)27-12-9-23(10-13-27)21-6-3-11-28(21)20-8-7-16(24)14-19(20)26-23/h2-8,11,14-15,26H,9-10,12-13H2,1H3,(H,25,29). The van der Waals surface area contributed by atoms with Gasteiger partial charge in [0.15, 0.2) is 0 Å². The van der Waals surface area contributed by atoms with Gasteiger partial charge in [0.25, 0.3) is 0 Å². The first-order valence-electron chi connectivity index (χ1n) is 10.0. The summed E-state index contributed by atoms with van der Waals surface area (Å²) in [5.74, 6) is 0.436. The quantitative estimate of drug-likeness (QED) is 0.655. The number of methoxy groups -OCH3 is 1. The number of ether oxygens (including phenoxy) is 1. The fourth-order valence-corrected chi connectivity index (χ4v) is 4.50. The Morgan fingerprint density at radius 3 is 2.77 bits per heavy atom. The van der Waals surface area contributed by atoms with E-state index in [1.165, 1.54) is 6.07 Å². The van der Waals surface area contributed by atoms with Crippen LogP contribution in [0.4, 0.5) is 20.6 Å². The van der Waals surface area contributed by atoms with Gasteiger partial charge in [0, 0.05) is 36.7 Å².